The summed E-state index contributed by atoms with van der Waals surface area (Å²) in [6, 6.07) is 26.4. The first kappa shape index (κ1) is 23.7. The second-order valence-corrected chi connectivity index (χ2v) is 10.1. The molecule has 0 heterocycles. The molecule has 0 aromatic heterocycles. The number of carbonyl (C=O) groups excluding carboxylic acids is 1. The molecule has 0 saturated carbocycles. The lowest BCUT2D eigenvalue weighted by atomic mass is 10.0. The van der Waals surface area contributed by atoms with Crippen molar-refractivity contribution >= 4 is 37.5 Å². The smallest absolute Gasteiger partial charge is 0.264 e. The quantitative estimate of drug-likeness (QED) is 0.303. The van der Waals surface area contributed by atoms with Crippen molar-refractivity contribution in [1.82, 2.24) is 4.72 Å². The molecule has 1 amide bonds. The van der Waals surface area contributed by atoms with E-state index in [1.807, 2.05) is 24.3 Å². The molecule has 0 bridgehead atoms. The second-order valence-electron chi connectivity index (χ2n) is 7.52. The molecule has 4 aromatic carbocycles. The van der Waals surface area contributed by atoms with Gasteiger partial charge in [0.25, 0.3) is 15.9 Å². The lowest BCUT2D eigenvalue weighted by Gasteiger charge is -2.10. The van der Waals surface area contributed by atoms with Crippen molar-refractivity contribution in [1.29, 1.82) is 0 Å². The molecule has 0 unspecified atom stereocenters. The van der Waals surface area contributed by atoms with Gasteiger partial charge in [-0.1, -0.05) is 52.3 Å². The fourth-order valence-electron chi connectivity index (χ4n) is 3.25. The lowest BCUT2D eigenvalue weighted by Crippen LogP contribution is -2.30. The number of halogens is 2. The highest BCUT2D eigenvalue weighted by molar-refractivity contribution is 9.10. The molecule has 5 nitrogen and oxygen atoms in total. The van der Waals surface area contributed by atoms with E-state index in [0.29, 0.717) is 6.54 Å². The van der Waals surface area contributed by atoms with Gasteiger partial charge in [-0.2, -0.15) is 0 Å². The van der Waals surface area contributed by atoms with Gasteiger partial charge in [-0.05, 0) is 77.4 Å². The van der Waals surface area contributed by atoms with Crippen LogP contribution in [0.4, 0.5) is 10.1 Å². The Hall–Kier alpha value is -3.49. The Morgan fingerprint density at radius 3 is 1.91 bits per heavy atom. The van der Waals surface area contributed by atoms with Gasteiger partial charge in [0.05, 0.1) is 4.90 Å². The van der Waals surface area contributed by atoms with Crippen LogP contribution in [0.1, 0.15) is 15.9 Å². The number of carbonyl (C=O) groups is 1. The first-order valence-electron chi connectivity index (χ1n) is 10.3. The first-order valence-corrected chi connectivity index (χ1v) is 12.6. The number of hydrogen-bond donors (Lipinski definition) is 2. The summed E-state index contributed by atoms with van der Waals surface area (Å²) >= 11 is 3.40. The lowest BCUT2D eigenvalue weighted by molar-refractivity contribution is 0.0981. The topological polar surface area (TPSA) is 75.3 Å². The average Bonchev–Trinajstić information content (AvgIpc) is 2.84. The third-order valence-corrected chi connectivity index (χ3v) is 7.00. The third-order valence-electron chi connectivity index (χ3n) is 5.13. The number of rotatable bonds is 7. The Bertz CT molecular complexity index is 1390. The second kappa shape index (κ2) is 10.2. The maximum absolute atomic E-state index is 13.1. The van der Waals surface area contributed by atoms with Gasteiger partial charge in [0.15, 0.2) is 0 Å². The minimum absolute atomic E-state index is 0.0158. The Kier molecular flexibility index (Phi) is 7.09. The Labute approximate surface area is 205 Å². The molecule has 0 atom stereocenters. The molecule has 4 aromatic rings. The molecule has 8 heteroatoms. The zero-order valence-electron chi connectivity index (χ0n) is 17.8. The van der Waals surface area contributed by atoms with E-state index >= 15 is 0 Å². The largest absolute Gasteiger partial charge is 0.381 e. The highest BCUT2D eigenvalue weighted by Gasteiger charge is 2.18. The predicted molar refractivity (Wildman–Crippen MR) is 134 cm³/mol. The van der Waals surface area contributed by atoms with Crippen LogP contribution in [-0.2, 0) is 16.6 Å². The van der Waals surface area contributed by atoms with Crippen LogP contribution in [0.3, 0.4) is 0 Å². The molecule has 0 aliphatic rings. The van der Waals surface area contributed by atoms with Crippen LogP contribution < -0.4 is 10.0 Å². The molecule has 4 rings (SSSR count). The molecule has 0 aliphatic heterocycles. The van der Waals surface area contributed by atoms with Crippen molar-refractivity contribution in [2.75, 3.05) is 5.32 Å². The summed E-state index contributed by atoms with van der Waals surface area (Å²) in [5.74, 6) is -1.07. The number of benzene rings is 4. The molecule has 0 radical (unpaired) electrons. The SMILES string of the molecule is O=C(NS(=O)(=O)c1ccc(NCc2ccc(Br)cc2)cc1)c1ccc(-c2ccc(F)cc2)cc1. The number of anilines is 1. The zero-order chi connectivity index (χ0) is 24.1. The van der Waals surface area contributed by atoms with E-state index in [4.69, 9.17) is 0 Å². The molecule has 0 saturated heterocycles. The normalized spacial score (nSPS) is 11.1. The Morgan fingerprint density at radius 2 is 1.32 bits per heavy atom. The van der Waals surface area contributed by atoms with E-state index < -0.39 is 15.9 Å². The van der Waals surface area contributed by atoms with Crippen LogP contribution in [0.2, 0.25) is 0 Å². The summed E-state index contributed by atoms with van der Waals surface area (Å²) in [4.78, 5) is 12.5. The van der Waals surface area contributed by atoms with Gasteiger partial charge in [-0.25, -0.2) is 17.5 Å². The van der Waals surface area contributed by atoms with Crippen molar-refractivity contribution in [3.8, 4) is 11.1 Å². The van der Waals surface area contributed by atoms with Crippen molar-refractivity contribution in [3.63, 3.8) is 0 Å². The Balaban J connectivity index is 1.39. The summed E-state index contributed by atoms with van der Waals surface area (Å²) in [5, 5.41) is 3.23. The summed E-state index contributed by atoms with van der Waals surface area (Å²) in [5.41, 5.74) is 3.60. The van der Waals surface area contributed by atoms with Gasteiger partial charge in [-0.15, -0.1) is 0 Å². The van der Waals surface area contributed by atoms with Crippen LogP contribution >= 0.6 is 15.9 Å². The van der Waals surface area contributed by atoms with Crippen molar-refractivity contribution in [2.45, 2.75) is 11.4 Å². The number of amides is 1. The van der Waals surface area contributed by atoms with Crippen LogP contribution in [0.25, 0.3) is 11.1 Å². The Morgan fingerprint density at radius 1 is 0.765 bits per heavy atom. The molecule has 172 valence electrons. The van der Waals surface area contributed by atoms with E-state index in [2.05, 4.69) is 26.0 Å². The highest BCUT2D eigenvalue weighted by atomic mass is 79.9. The van der Waals surface area contributed by atoms with Crippen molar-refractivity contribution < 1.29 is 17.6 Å². The van der Waals surface area contributed by atoms with Gasteiger partial charge in [0, 0.05) is 22.3 Å². The van der Waals surface area contributed by atoms with Gasteiger partial charge in [0.1, 0.15) is 5.82 Å². The highest BCUT2D eigenvalue weighted by Crippen LogP contribution is 2.21. The maximum Gasteiger partial charge on any atom is 0.264 e. The maximum atomic E-state index is 13.1. The summed E-state index contributed by atoms with van der Waals surface area (Å²) in [6.45, 7) is 0.587. The molecular formula is C26H20BrFN2O3S. The fraction of sp³-hybridized carbons (Fsp3) is 0.0385. The predicted octanol–water partition coefficient (Wildman–Crippen LogP) is 5.99. The fourth-order valence-corrected chi connectivity index (χ4v) is 4.49. The minimum Gasteiger partial charge on any atom is -0.381 e. The summed E-state index contributed by atoms with van der Waals surface area (Å²) < 4.78 is 41.5. The molecular weight excluding hydrogens is 519 g/mol. The van der Waals surface area contributed by atoms with Crippen LogP contribution in [0, 0.1) is 5.82 Å². The van der Waals surface area contributed by atoms with Crippen LogP contribution in [0.5, 0.6) is 0 Å². The van der Waals surface area contributed by atoms with Crippen molar-refractivity contribution in [2.24, 2.45) is 0 Å². The molecule has 34 heavy (non-hydrogen) atoms. The number of nitrogens with one attached hydrogen (secondary N) is 2. The van der Waals surface area contributed by atoms with E-state index in [-0.39, 0.29) is 16.3 Å². The van der Waals surface area contributed by atoms with Gasteiger partial charge < -0.3 is 5.32 Å². The van der Waals surface area contributed by atoms with Crippen LogP contribution in [0.15, 0.2) is 106 Å². The van der Waals surface area contributed by atoms with Crippen LogP contribution in [-0.4, -0.2) is 14.3 Å². The van der Waals surface area contributed by atoms with Crippen molar-refractivity contribution in [3.05, 3.63) is 118 Å². The van der Waals surface area contributed by atoms with Gasteiger partial charge >= 0.3 is 0 Å². The monoisotopic (exact) mass is 538 g/mol. The summed E-state index contributed by atoms with van der Waals surface area (Å²) in [7, 11) is -4.04. The van der Waals surface area contributed by atoms with E-state index in [1.165, 1.54) is 36.4 Å². The first-order chi connectivity index (χ1) is 16.3. The molecule has 0 aliphatic carbocycles. The molecule has 2 N–H and O–H groups in total. The standard InChI is InChI=1S/C26H20BrFN2O3S/c27-22-9-1-18(2-10-22)17-29-24-13-15-25(16-14-24)34(32,33)30-26(31)21-5-3-19(4-6-21)20-7-11-23(28)12-8-20/h1-16,29H,17H2,(H,30,31). The van der Waals surface area contributed by atoms with Gasteiger partial charge in [-0.3, -0.25) is 4.79 Å². The van der Waals surface area contributed by atoms with E-state index in [1.54, 1.807) is 36.4 Å². The number of sulfonamides is 1. The zero-order valence-corrected chi connectivity index (χ0v) is 20.2. The minimum atomic E-state index is -4.04. The molecule has 0 fully saturated rings. The third kappa shape index (κ3) is 5.89. The number of hydrogen-bond acceptors (Lipinski definition) is 4. The van der Waals surface area contributed by atoms with E-state index in [0.717, 1.165) is 26.9 Å². The summed E-state index contributed by atoms with van der Waals surface area (Å²) in [6.07, 6.45) is 0. The van der Waals surface area contributed by atoms with Gasteiger partial charge in [0.2, 0.25) is 0 Å². The van der Waals surface area contributed by atoms with E-state index in [9.17, 15) is 17.6 Å². The molecule has 0 spiro atoms. The average molecular weight is 539 g/mol.